The first-order valence-electron chi connectivity index (χ1n) is 10.2. The summed E-state index contributed by atoms with van der Waals surface area (Å²) >= 11 is 1.38. The number of amides is 1. The summed E-state index contributed by atoms with van der Waals surface area (Å²) in [5, 5.41) is 2.49. The van der Waals surface area contributed by atoms with Gasteiger partial charge in [-0.2, -0.15) is 0 Å². The van der Waals surface area contributed by atoms with E-state index in [1.165, 1.54) is 24.9 Å². The van der Waals surface area contributed by atoms with Gasteiger partial charge in [0.1, 0.15) is 5.82 Å². The summed E-state index contributed by atoms with van der Waals surface area (Å²) in [7, 11) is 1.30. The molecule has 31 heavy (non-hydrogen) atoms. The van der Waals surface area contributed by atoms with Gasteiger partial charge in [-0.05, 0) is 17.9 Å². The molecule has 3 heterocycles. The molecule has 0 spiro atoms. The summed E-state index contributed by atoms with van der Waals surface area (Å²) in [6, 6.07) is 5.61. The van der Waals surface area contributed by atoms with E-state index in [0.717, 1.165) is 0 Å². The predicted octanol–water partition coefficient (Wildman–Crippen LogP) is 3.21. The van der Waals surface area contributed by atoms with E-state index in [0.29, 0.717) is 60.4 Å². The first-order chi connectivity index (χ1) is 15.0. The summed E-state index contributed by atoms with van der Waals surface area (Å²) in [4.78, 5) is 33.9. The second-order valence-electron chi connectivity index (χ2n) is 7.29. The van der Waals surface area contributed by atoms with Crippen LogP contribution in [0.1, 0.15) is 31.4 Å². The Morgan fingerprint density at radius 1 is 1.29 bits per heavy atom. The zero-order valence-corrected chi connectivity index (χ0v) is 18.3. The number of esters is 1. The summed E-state index contributed by atoms with van der Waals surface area (Å²) in [5.41, 5.74) is 1.89. The molecule has 1 atom stereocenters. The average molecular weight is 446 g/mol. The second kappa shape index (κ2) is 9.23. The normalized spacial score (nSPS) is 20.9. The molecule has 0 saturated carbocycles. The fourth-order valence-corrected chi connectivity index (χ4v) is 4.92. The largest absolute Gasteiger partial charge is 0.466 e. The molecule has 1 fully saturated rings. The second-order valence-corrected chi connectivity index (χ2v) is 8.13. The maximum Gasteiger partial charge on any atom is 0.338 e. The minimum absolute atomic E-state index is 0.0337. The topological polar surface area (TPSA) is 71.4 Å². The highest BCUT2D eigenvalue weighted by Crippen LogP contribution is 2.46. The molecule has 3 aliphatic heterocycles. The smallest absolute Gasteiger partial charge is 0.338 e. The molecule has 0 aromatic heterocycles. The van der Waals surface area contributed by atoms with E-state index in [1.54, 1.807) is 28.0 Å². The molecule has 0 bridgehead atoms. The fourth-order valence-electron chi connectivity index (χ4n) is 3.98. The van der Waals surface area contributed by atoms with Crippen LogP contribution in [0.3, 0.4) is 0 Å². The van der Waals surface area contributed by atoms with Crippen LogP contribution in [0, 0.1) is 5.82 Å². The third-order valence-electron chi connectivity index (χ3n) is 5.53. The van der Waals surface area contributed by atoms with Crippen molar-refractivity contribution >= 4 is 28.8 Å². The van der Waals surface area contributed by atoms with Crippen LogP contribution < -0.4 is 0 Å². The van der Waals surface area contributed by atoms with Crippen molar-refractivity contribution in [3.8, 4) is 0 Å². The number of ether oxygens (including phenoxy) is 2. The van der Waals surface area contributed by atoms with Gasteiger partial charge in [-0.15, -0.1) is 0 Å². The van der Waals surface area contributed by atoms with Crippen molar-refractivity contribution in [3.05, 3.63) is 58.0 Å². The quantitative estimate of drug-likeness (QED) is 0.648. The van der Waals surface area contributed by atoms with Crippen LogP contribution in [0.15, 0.2) is 51.6 Å². The van der Waals surface area contributed by atoms with Crippen LogP contribution in [0.2, 0.25) is 0 Å². The summed E-state index contributed by atoms with van der Waals surface area (Å²) in [5.74, 6) is -1.02. The number of carbonyl (C=O) groups is 2. The SMILES string of the molecule is CCC1=C(C(=O)OC)[C@H](c2ccccc2F)N2C(CC(=O)N3CCOCC3)=CSC2=N1. The number of fused-ring (bicyclic) bond motifs is 1. The Kier molecular flexibility index (Phi) is 6.43. The van der Waals surface area contributed by atoms with Gasteiger partial charge >= 0.3 is 5.97 Å². The Hall–Kier alpha value is -2.65. The lowest BCUT2D eigenvalue weighted by atomic mass is 9.92. The lowest BCUT2D eigenvalue weighted by Gasteiger charge is -2.37. The molecule has 0 unspecified atom stereocenters. The fraction of sp³-hybridized carbons (Fsp3) is 0.409. The van der Waals surface area contributed by atoms with Gasteiger partial charge in [-0.1, -0.05) is 36.9 Å². The Labute approximate surface area is 184 Å². The number of thioether (sulfide) groups is 1. The van der Waals surface area contributed by atoms with Crippen molar-refractivity contribution in [3.63, 3.8) is 0 Å². The van der Waals surface area contributed by atoms with Crippen molar-refractivity contribution in [2.45, 2.75) is 25.8 Å². The number of methoxy groups -OCH3 is 1. The molecule has 9 heteroatoms. The van der Waals surface area contributed by atoms with Crippen molar-refractivity contribution in [2.24, 2.45) is 4.99 Å². The molecule has 1 aromatic rings. The zero-order valence-electron chi connectivity index (χ0n) is 17.5. The number of nitrogens with zero attached hydrogens (tertiary/aromatic N) is 3. The monoisotopic (exact) mass is 445 g/mol. The van der Waals surface area contributed by atoms with Gasteiger partial charge in [0.25, 0.3) is 0 Å². The van der Waals surface area contributed by atoms with Crippen LogP contribution in [-0.2, 0) is 19.1 Å². The van der Waals surface area contributed by atoms with E-state index in [4.69, 9.17) is 9.47 Å². The van der Waals surface area contributed by atoms with Crippen LogP contribution in [-0.4, -0.2) is 60.3 Å². The van der Waals surface area contributed by atoms with Crippen LogP contribution in [0.4, 0.5) is 4.39 Å². The molecule has 7 nitrogen and oxygen atoms in total. The number of morpholine rings is 1. The highest BCUT2D eigenvalue weighted by molar-refractivity contribution is 8.16. The molecule has 0 N–H and O–H groups in total. The van der Waals surface area contributed by atoms with Crippen LogP contribution >= 0.6 is 11.8 Å². The minimum Gasteiger partial charge on any atom is -0.466 e. The number of hydrogen-bond acceptors (Lipinski definition) is 7. The van der Waals surface area contributed by atoms with E-state index < -0.39 is 17.8 Å². The van der Waals surface area contributed by atoms with Crippen molar-refractivity contribution in [1.29, 1.82) is 0 Å². The number of amidine groups is 1. The highest BCUT2D eigenvalue weighted by Gasteiger charge is 2.42. The lowest BCUT2D eigenvalue weighted by Crippen LogP contribution is -2.42. The van der Waals surface area contributed by atoms with Gasteiger partial charge in [0.15, 0.2) is 5.17 Å². The molecule has 1 saturated heterocycles. The standard InChI is InChI=1S/C22H24FN3O4S/c1-3-17-19(21(28)29-2)20(15-6-4-5-7-16(15)23)26-14(13-31-22(26)24-17)12-18(27)25-8-10-30-11-9-25/h4-7,13,20H,3,8-12H2,1-2H3/t20-/m0/s1. The third kappa shape index (κ3) is 4.12. The number of halogens is 1. The summed E-state index contributed by atoms with van der Waals surface area (Å²) < 4.78 is 25.3. The molecular formula is C22H24FN3O4S. The first kappa shape index (κ1) is 21.6. The predicted molar refractivity (Wildman–Crippen MR) is 115 cm³/mol. The molecule has 164 valence electrons. The Morgan fingerprint density at radius 2 is 2.03 bits per heavy atom. The molecule has 4 rings (SSSR count). The number of allylic oxidation sites excluding steroid dienone is 1. The van der Waals surface area contributed by atoms with E-state index in [9.17, 15) is 14.0 Å². The third-order valence-corrected chi connectivity index (χ3v) is 6.41. The number of aliphatic imine (C=N–C) groups is 1. The van der Waals surface area contributed by atoms with E-state index in [1.807, 2.05) is 12.3 Å². The van der Waals surface area contributed by atoms with Gasteiger partial charge in [0.05, 0.1) is 44.1 Å². The van der Waals surface area contributed by atoms with E-state index in [2.05, 4.69) is 4.99 Å². The average Bonchev–Trinajstić information content (AvgIpc) is 3.20. The number of hydrogen-bond donors (Lipinski definition) is 0. The van der Waals surface area contributed by atoms with Gasteiger partial charge in [-0.25, -0.2) is 14.2 Å². The molecule has 0 radical (unpaired) electrons. The number of rotatable bonds is 5. The molecule has 0 aliphatic carbocycles. The van der Waals surface area contributed by atoms with Gasteiger partial charge in [0.2, 0.25) is 5.91 Å². The van der Waals surface area contributed by atoms with E-state index in [-0.39, 0.29) is 12.3 Å². The van der Waals surface area contributed by atoms with E-state index >= 15 is 0 Å². The summed E-state index contributed by atoms with van der Waals surface area (Å²) in [6.45, 7) is 4.02. The maximum atomic E-state index is 14.9. The Bertz CT molecular complexity index is 985. The molecule has 3 aliphatic rings. The summed E-state index contributed by atoms with van der Waals surface area (Å²) in [6.07, 6.45) is 0.627. The lowest BCUT2D eigenvalue weighted by molar-refractivity contribution is -0.136. The van der Waals surface area contributed by atoms with Gasteiger partial charge < -0.3 is 19.3 Å². The minimum atomic E-state index is -0.755. The number of carbonyl (C=O) groups excluding carboxylic acids is 2. The number of benzene rings is 1. The highest BCUT2D eigenvalue weighted by atomic mass is 32.2. The first-order valence-corrected chi connectivity index (χ1v) is 11.1. The molecular weight excluding hydrogens is 421 g/mol. The van der Waals surface area contributed by atoms with Gasteiger partial charge in [-0.3, -0.25) is 4.79 Å². The van der Waals surface area contributed by atoms with Crippen molar-refractivity contribution < 1.29 is 23.5 Å². The van der Waals surface area contributed by atoms with Crippen molar-refractivity contribution in [1.82, 2.24) is 9.80 Å². The van der Waals surface area contributed by atoms with Crippen LogP contribution in [0.5, 0.6) is 0 Å². The Balaban J connectivity index is 1.73. The zero-order chi connectivity index (χ0) is 22.0. The molecule has 1 aromatic carbocycles. The molecule has 1 amide bonds. The Morgan fingerprint density at radius 3 is 2.71 bits per heavy atom. The maximum absolute atomic E-state index is 14.9. The van der Waals surface area contributed by atoms with Crippen molar-refractivity contribution in [2.75, 3.05) is 33.4 Å². The van der Waals surface area contributed by atoms with Gasteiger partial charge in [0, 0.05) is 24.4 Å². The van der Waals surface area contributed by atoms with Crippen LogP contribution in [0.25, 0.3) is 0 Å².